The maximum absolute atomic E-state index is 5.54. The summed E-state index contributed by atoms with van der Waals surface area (Å²) < 4.78 is 5.54. The molecule has 1 unspecified atom stereocenters. The highest BCUT2D eigenvalue weighted by Crippen LogP contribution is 2.12. The first-order valence-corrected chi connectivity index (χ1v) is 6.71. The molecule has 1 atom stereocenters. The van der Waals surface area contributed by atoms with E-state index in [0.29, 0.717) is 0 Å². The molecule has 0 saturated carbocycles. The first kappa shape index (κ1) is 14.6. The number of hydrogen-bond donors (Lipinski definition) is 1. The van der Waals surface area contributed by atoms with Crippen LogP contribution in [0.4, 0.5) is 0 Å². The van der Waals surface area contributed by atoms with E-state index >= 15 is 0 Å². The molecule has 0 aliphatic rings. The third kappa shape index (κ3) is 5.25. The molecule has 1 aromatic carbocycles. The zero-order chi connectivity index (χ0) is 13.2. The van der Waals surface area contributed by atoms with Crippen LogP contribution in [0.15, 0.2) is 24.3 Å². The Balaban J connectivity index is 2.41. The monoisotopic (exact) mass is 245 g/mol. The van der Waals surface area contributed by atoms with Crippen molar-refractivity contribution >= 4 is 0 Å². The van der Waals surface area contributed by atoms with Gasteiger partial charge in [-0.15, -0.1) is 6.42 Å². The second-order valence-electron chi connectivity index (χ2n) is 4.38. The van der Waals surface area contributed by atoms with Crippen molar-refractivity contribution in [2.75, 3.05) is 6.61 Å². The van der Waals surface area contributed by atoms with E-state index in [2.05, 4.69) is 37.2 Å². The van der Waals surface area contributed by atoms with Gasteiger partial charge in [-0.2, -0.15) is 0 Å². The number of nitrogens with one attached hydrogen (secondary N) is 1. The van der Waals surface area contributed by atoms with Gasteiger partial charge in [0.25, 0.3) is 0 Å². The van der Waals surface area contributed by atoms with Crippen LogP contribution in [0.25, 0.3) is 0 Å². The van der Waals surface area contributed by atoms with E-state index < -0.39 is 0 Å². The summed E-state index contributed by atoms with van der Waals surface area (Å²) in [6, 6.07) is 8.36. The van der Waals surface area contributed by atoms with Gasteiger partial charge in [-0.25, -0.2) is 0 Å². The van der Waals surface area contributed by atoms with Gasteiger partial charge in [0.15, 0.2) is 0 Å². The predicted octanol–water partition coefficient (Wildman–Crippen LogP) is 3.37. The summed E-state index contributed by atoms with van der Waals surface area (Å²) in [4.78, 5) is 0. The van der Waals surface area contributed by atoms with Gasteiger partial charge in [-0.1, -0.05) is 38.3 Å². The van der Waals surface area contributed by atoms with Crippen LogP contribution in [0.5, 0.6) is 5.75 Å². The van der Waals surface area contributed by atoms with Crippen LogP contribution in [0.1, 0.15) is 38.7 Å². The molecule has 0 radical (unpaired) electrons. The Hall–Kier alpha value is -1.46. The van der Waals surface area contributed by atoms with Crippen LogP contribution in [0, 0.1) is 12.3 Å². The molecule has 0 amide bonds. The van der Waals surface area contributed by atoms with Gasteiger partial charge in [0.2, 0.25) is 0 Å². The van der Waals surface area contributed by atoms with Crippen molar-refractivity contribution in [3.05, 3.63) is 29.8 Å². The topological polar surface area (TPSA) is 21.3 Å². The molecule has 98 valence electrons. The molecule has 1 rings (SSSR count). The van der Waals surface area contributed by atoms with E-state index in [1.165, 1.54) is 5.56 Å². The minimum Gasteiger partial charge on any atom is -0.494 e. The van der Waals surface area contributed by atoms with Crippen molar-refractivity contribution in [2.24, 2.45) is 0 Å². The highest BCUT2D eigenvalue weighted by Gasteiger charge is 2.02. The lowest BCUT2D eigenvalue weighted by atomic mass is 10.1. The summed E-state index contributed by atoms with van der Waals surface area (Å²) in [5.74, 6) is 3.71. The molecular formula is C16H23NO. The highest BCUT2D eigenvalue weighted by molar-refractivity contribution is 5.27. The number of terminal acetylenes is 1. The Morgan fingerprint density at radius 1 is 1.22 bits per heavy atom. The molecule has 0 fully saturated rings. The number of benzene rings is 1. The molecule has 0 bridgehead atoms. The normalized spacial score (nSPS) is 11.8. The molecule has 2 nitrogen and oxygen atoms in total. The summed E-state index contributed by atoms with van der Waals surface area (Å²) in [5.41, 5.74) is 1.23. The Bertz CT molecular complexity index is 364. The second-order valence-corrected chi connectivity index (χ2v) is 4.38. The zero-order valence-corrected chi connectivity index (χ0v) is 11.4. The van der Waals surface area contributed by atoms with E-state index in [4.69, 9.17) is 11.2 Å². The third-order valence-corrected chi connectivity index (χ3v) is 2.73. The Kier molecular flexibility index (Phi) is 6.98. The van der Waals surface area contributed by atoms with E-state index in [-0.39, 0.29) is 6.04 Å². The summed E-state index contributed by atoms with van der Waals surface area (Å²) >= 11 is 0. The molecule has 0 saturated heterocycles. The van der Waals surface area contributed by atoms with E-state index in [9.17, 15) is 0 Å². The molecule has 0 aliphatic carbocycles. The zero-order valence-electron chi connectivity index (χ0n) is 11.4. The van der Waals surface area contributed by atoms with Gasteiger partial charge in [0.05, 0.1) is 12.6 Å². The average molecular weight is 245 g/mol. The molecular weight excluding hydrogens is 222 g/mol. The molecule has 18 heavy (non-hydrogen) atoms. The van der Waals surface area contributed by atoms with Crippen LogP contribution in [0.2, 0.25) is 0 Å². The van der Waals surface area contributed by atoms with Crippen molar-refractivity contribution in [1.82, 2.24) is 5.32 Å². The summed E-state index contributed by atoms with van der Waals surface area (Å²) in [6.07, 6.45) is 8.63. The van der Waals surface area contributed by atoms with Gasteiger partial charge in [0, 0.05) is 6.54 Å². The second kappa shape index (κ2) is 8.60. The third-order valence-electron chi connectivity index (χ3n) is 2.73. The Labute approximate surface area is 111 Å². The molecule has 0 heterocycles. The van der Waals surface area contributed by atoms with E-state index in [0.717, 1.165) is 38.2 Å². The summed E-state index contributed by atoms with van der Waals surface area (Å²) in [5, 5.41) is 3.37. The van der Waals surface area contributed by atoms with Gasteiger partial charge >= 0.3 is 0 Å². The first-order chi connectivity index (χ1) is 8.80. The number of hydrogen-bond acceptors (Lipinski definition) is 2. The lowest BCUT2D eigenvalue weighted by molar-refractivity contribution is 0.317. The largest absolute Gasteiger partial charge is 0.494 e. The average Bonchev–Trinajstić information content (AvgIpc) is 2.42. The fraction of sp³-hybridized carbons (Fsp3) is 0.500. The van der Waals surface area contributed by atoms with Gasteiger partial charge in [0.1, 0.15) is 5.75 Å². The van der Waals surface area contributed by atoms with Gasteiger partial charge < -0.3 is 4.74 Å². The smallest absolute Gasteiger partial charge is 0.119 e. The molecule has 2 heteroatoms. The fourth-order valence-corrected chi connectivity index (χ4v) is 1.70. The highest BCUT2D eigenvalue weighted by atomic mass is 16.5. The van der Waals surface area contributed by atoms with E-state index in [1.807, 2.05) is 12.1 Å². The molecule has 1 N–H and O–H groups in total. The maximum atomic E-state index is 5.54. The van der Waals surface area contributed by atoms with E-state index in [1.54, 1.807) is 0 Å². The van der Waals surface area contributed by atoms with Gasteiger partial charge in [-0.05, 0) is 30.5 Å². The maximum Gasteiger partial charge on any atom is 0.119 e. The van der Waals surface area contributed by atoms with Crippen LogP contribution in [-0.4, -0.2) is 12.6 Å². The van der Waals surface area contributed by atoms with Gasteiger partial charge in [-0.3, -0.25) is 5.32 Å². The lowest BCUT2D eigenvalue weighted by Gasteiger charge is -2.12. The molecule has 0 aliphatic heterocycles. The SMILES string of the molecule is C#CC(CCC)NCc1ccc(OCCC)cc1. The Morgan fingerprint density at radius 3 is 2.50 bits per heavy atom. The predicted molar refractivity (Wildman–Crippen MR) is 76.6 cm³/mol. The molecule has 0 spiro atoms. The standard InChI is InChI=1S/C16H23NO/c1-4-7-15(6-3)17-13-14-8-10-16(11-9-14)18-12-5-2/h3,8-11,15,17H,4-5,7,12-13H2,1-2H3. The lowest BCUT2D eigenvalue weighted by Crippen LogP contribution is -2.26. The van der Waals surface area contributed by atoms with Crippen LogP contribution in [0.3, 0.4) is 0 Å². The fourth-order valence-electron chi connectivity index (χ4n) is 1.70. The minimum atomic E-state index is 0.172. The first-order valence-electron chi connectivity index (χ1n) is 6.71. The van der Waals surface area contributed by atoms with Crippen LogP contribution >= 0.6 is 0 Å². The van der Waals surface area contributed by atoms with Crippen molar-refractivity contribution < 1.29 is 4.74 Å². The number of rotatable bonds is 8. The van der Waals surface area contributed by atoms with Crippen molar-refractivity contribution in [1.29, 1.82) is 0 Å². The van der Waals surface area contributed by atoms with Crippen molar-refractivity contribution in [3.63, 3.8) is 0 Å². The minimum absolute atomic E-state index is 0.172. The Morgan fingerprint density at radius 2 is 1.94 bits per heavy atom. The van der Waals surface area contributed by atoms with Crippen molar-refractivity contribution in [2.45, 2.75) is 45.7 Å². The number of ether oxygens (including phenoxy) is 1. The van der Waals surface area contributed by atoms with Crippen LogP contribution < -0.4 is 10.1 Å². The summed E-state index contributed by atoms with van der Waals surface area (Å²) in [6.45, 7) is 5.83. The van der Waals surface area contributed by atoms with Crippen molar-refractivity contribution in [3.8, 4) is 18.1 Å². The quantitative estimate of drug-likeness (QED) is 0.709. The van der Waals surface area contributed by atoms with Crippen LogP contribution in [-0.2, 0) is 6.54 Å². The molecule has 0 aromatic heterocycles. The summed E-state index contributed by atoms with van der Waals surface area (Å²) in [7, 11) is 0. The molecule has 1 aromatic rings.